The number of hydrogen-bond donors (Lipinski definition) is 2. The Morgan fingerprint density at radius 2 is 1.71 bits per heavy atom. The summed E-state index contributed by atoms with van der Waals surface area (Å²) in [5.74, 6) is -0.272. The monoisotopic (exact) mass is 429 g/mol. The Morgan fingerprint density at radius 1 is 1.03 bits per heavy atom. The normalized spacial score (nSPS) is 25.6. The molecule has 3 rings (SSSR count). The second-order valence-electron chi connectivity index (χ2n) is 9.08. The second kappa shape index (κ2) is 10.3. The Morgan fingerprint density at radius 3 is 2.39 bits per heavy atom. The van der Waals surface area contributed by atoms with Gasteiger partial charge in [0.2, 0.25) is 11.8 Å². The van der Waals surface area contributed by atoms with Crippen molar-refractivity contribution in [3.63, 3.8) is 0 Å². The average molecular weight is 430 g/mol. The molecule has 2 aliphatic heterocycles. The molecule has 1 aromatic carbocycles. The van der Waals surface area contributed by atoms with Gasteiger partial charge in [-0.3, -0.25) is 14.4 Å². The predicted molar refractivity (Wildman–Crippen MR) is 119 cm³/mol. The quantitative estimate of drug-likeness (QED) is 0.718. The van der Waals surface area contributed by atoms with Crippen molar-refractivity contribution in [3.05, 3.63) is 35.4 Å². The Bertz CT molecular complexity index is 785. The molecule has 2 saturated heterocycles. The highest BCUT2D eigenvalue weighted by molar-refractivity contribution is 5.95. The molecule has 0 aliphatic carbocycles. The van der Waals surface area contributed by atoms with Crippen LogP contribution in [0, 0.1) is 12.3 Å². The van der Waals surface area contributed by atoms with E-state index in [0.717, 1.165) is 24.8 Å². The van der Waals surface area contributed by atoms with E-state index in [2.05, 4.69) is 10.6 Å². The number of rotatable bonds is 1. The fourth-order valence-electron chi connectivity index (χ4n) is 4.36. The molecule has 2 heterocycles. The van der Waals surface area contributed by atoms with E-state index < -0.39 is 11.5 Å². The van der Waals surface area contributed by atoms with Gasteiger partial charge in [0, 0.05) is 31.3 Å². The first-order valence-corrected chi connectivity index (χ1v) is 11.4. The van der Waals surface area contributed by atoms with Crippen molar-refractivity contribution in [1.29, 1.82) is 0 Å². The Kier molecular flexibility index (Phi) is 7.70. The summed E-state index contributed by atoms with van der Waals surface area (Å²) in [6.45, 7) is 7.76. The van der Waals surface area contributed by atoms with Crippen molar-refractivity contribution in [2.45, 2.75) is 65.0 Å². The van der Waals surface area contributed by atoms with E-state index in [1.165, 1.54) is 0 Å². The van der Waals surface area contributed by atoms with Crippen LogP contribution >= 0.6 is 0 Å². The molecule has 1 aromatic rings. The van der Waals surface area contributed by atoms with E-state index in [1.54, 1.807) is 6.92 Å². The number of carbonyl (C=O) groups excluding carboxylic acids is 3. The molecule has 1 spiro atoms. The number of likely N-dealkylation sites (tertiary alicyclic amines) is 1. The fourth-order valence-corrected chi connectivity index (χ4v) is 4.36. The zero-order valence-electron chi connectivity index (χ0n) is 18.9. The highest BCUT2D eigenvalue weighted by atomic mass is 16.5. The van der Waals surface area contributed by atoms with Crippen LogP contribution in [0.15, 0.2) is 24.3 Å². The molecule has 2 fully saturated rings. The summed E-state index contributed by atoms with van der Waals surface area (Å²) in [7, 11) is 0. The molecule has 0 aromatic heterocycles. The molecule has 2 aliphatic rings. The fraction of sp³-hybridized carbons (Fsp3) is 0.625. The first-order chi connectivity index (χ1) is 14.8. The third-order valence-electron chi connectivity index (χ3n) is 6.48. The lowest BCUT2D eigenvalue weighted by molar-refractivity contribution is -0.137. The van der Waals surface area contributed by atoms with Crippen molar-refractivity contribution < 1.29 is 19.1 Å². The smallest absolute Gasteiger partial charge is 0.253 e. The van der Waals surface area contributed by atoms with Gasteiger partial charge in [-0.1, -0.05) is 24.1 Å². The van der Waals surface area contributed by atoms with Crippen LogP contribution < -0.4 is 10.6 Å². The minimum Gasteiger partial charge on any atom is -0.379 e. The van der Waals surface area contributed by atoms with Gasteiger partial charge >= 0.3 is 0 Å². The van der Waals surface area contributed by atoms with E-state index in [-0.39, 0.29) is 23.8 Å². The van der Waals surface area contributed by atoms with E-state index in [9.17, 15) is 14.4 Å². The van der Waals surface area contributed by atoms with Crippen LogP contribution in [-0.4, -0.2) is 61.0 Å². The van der Waals surface area contributed by atoms with Gasteiger partial charge in [-0.2, -0.15) is 0 Å². The molecule has 7 heteroatoms. The van der Waals surface area contributed by atoms with Crippen LogP contribution in [0.5, 0.6) is 0 Å². The molecule has 2 atom stereocenters. The lowest BCUT2D eigenvalue weighted by atomic mass is 9.73. The van der Waals surface area contributed by atoms with Gasteiger partial charge in [0.05, 0.1) is 12.0 Å². The van der Waals surface area contributed by atoms with Crippen molar-refractivity contribution in [2.24, 2.45) is 5.41 Å². The van der Waals surface area contributed by atoms with E-state index >= 15 is 0 Å². The largest absolute Gasteiger partial charge is 0.379 e. The van der Waals surface area contributed by atoms with Crippen molar-refractivity contribution in [1.82, 2.24) is 15.5 Å². The molecule has 3 amide bonds. The van der Waals surface area contributed by atoms with Crippen LogP contribution in [-0.2, 0) is 14.3 Å². The summed E-state index contributed by atoms with van der Waals surface area (Å²) in [6, 6.07) is 6.88. The maximum Gasteiger partial charge on any atom is 0.253 e. The number of aryl methyl sites for hydroxylation is 1. The number of hydrogen-bond acceptors (Lipinski definition) is 4. The van der Waals surface area contributed by atoms with Gasteiger partial charge in [-0.05, 0) is 58.6 Å². The van der Waals surface area contributed by atoms with Crippen LogP contribution in [0.1, 0.15) is 61.9 Å². The maximum atomic E-state index is 13.3. The molecule has 0 radical (unpaired) electrons. The summed E-state index contributed by atoms with van der Waals surface area (Å²) in [6.07, 6.45) is 3.68. The highest BCUT2D eigenvalue weighted by Crippen LogP contribution is 2.37. The van der Waals surface area contributed by atoms with Gasteiger partial charge < -0.3 is 20.3 Å². The van der Waals surface area contributed by atoms with Gasteiger partial charge in [-0.15, -0.1) is 0 Å². The molecule has 7 nitrogen and oxygen atoms in total. The number of amides is 3. The van der Waals surface area contributed by atoms with Crippen LogP contribution in [0.25, 0.3) is 0 Å². The topological polar surface area (TPSA) is 87.7 Å². The predicted octanol–water partition coefficient (Wildman–Crippen LogP) is 2.43. The van der Waals surface area contributed by atoms with E-state index in [1.807, 2.05) is 43.0 Å². The standard InChI is InChI=1S/C24H35N3O4/c1-17-6-8-20(9-7-17)22(29)27-13-11-24(12-14-27)10-4-5-15-31-16-18(2)25-21(28)19(3)26-23(24)30/h6-9,18-19H,4-5,10-16H2,1-3H3,(H,25,28)(H,26,30)/t18-,19-/m0/s1. The SMILES string of the molecule is Cc1ccc(C(=O)N2CCC3(CCCCOC[C@H](C)NC(=O)[C@H](C)NC3=O)CC2)cc1. The van der Waals surface area contributed by atoms with Crippen LogP contribution in [0.4, 0.5) is 0 Å². The molecule has 31 heavy (non-hydrogen) atoms. The number of nitrogens with one attached hydrogen (secondary N) is 2. The summed E-state index contributed by atoms with van der Waals surface area (Å²) >= 11 is 0. The van der Waals surface area contributed by atoms with E-state index in [0.29, 0.717) is 44.7 Å². The van der Waals surface area contributed by atoms with Crippen LogP contribution in [0.2, 0.25) is 0 Å². The summed E-state index contributed by atoms with van der Waals surface area (Å²) in [5, 5.41) is 5.83. The molecular formula is C24H35N3O4. The Labute approximate surface area is 184 Å². The van der Waals surface area contributed by atoms with Gasteiger partial charge in [0.15, 0.2) is 0 Å². The van der Waals surface area contributed by atoms with Crippen molar-refractivity contribution >= 4 is 17.7 Å². The minimum atomic E-state index is -0.611. The first kappa shape index (κ1) is 23.3. The second-order valence-corrected chi connectivity index (χ2v) is 9.08. The average Bonchev–Trinajstić information content (AvgIpc) is 2.76. The summed E-state index contributed by atoms with van der Waals surface area (Å²) in [4.78, 5) is 40.4. The number of piperidine rings is 1. The van der Waals surface area contributed by atoms with Crippen molar-refractivity contribution in [2.75, 3.05) is 26.3 Å². The lowest BCUT2D eigenvalue weighted by Crippen LogP contribution is -2.55. The third-order valence-corrected chi connectivity index (χ3v) is 6.48. The van der Waals surface area contributed by atoms with Gasteiger partial charge in [0.25, 0.3) is 5.91 Å². The summed E-state index contributed by atoms with van der Waals surface area (Å²) in [5.41, 5.74) is 1.24. The van der Waals surface area contributed by atoms with Gasteiger partial charge in [-0.25, -0.2) is 0 Å². The minimum absolute atomic E-state index is 0.00929. The molecular weight excluding hydrogens is 394 g/mol. The molecule has 2 N–H and O–H groups in total. The molecule has 0 saturated carbocycles. The zero-order valence-corrected chi connectivity index (χ0v) is 18.9. The molecule has 0 unspecified atom stereocenters. The number of benzene rings is 1. The Hall–Kier alpha value is -2.41. The lowest BCUT2D eigenvalue weighted by Gasteiger charge is -2.41. The molecule has 170 valence electrons. The zero-order chi connectivity index (χ0) is 22.4. The number of ether oxygens (including phenoxy) is 1. The van der Waals surface area contributed by atoms with E-state index in [4.69, 9.17) is 4.74 Å². The van der Waals surface area contributed by atoms with Crippen LogP contribution in [0.3, 0.4) is 0 Å². The number of carbonyl (C=O) groups is 3. The number of nitrogens with zero attached hydrogens (tertiary/aromatic N) is 1. The van der Waals surface area contributed by atoms with Gasteiger partial charge in [0.1, 0.15) is 6.04 Å². The molecule has 0 bridgehead atoms. The third kappa shape index (κ3) is 5.85. The Balaban J connectivity index is 1.69. The highest BCUT2D eigenvalue weighted by Gasteiger charge is 2.42. The van der Waals surface area contributed by atoms with Crippen molar-refractivity contribution in [3.8, 4) is 0 Å². The first-order valence-electron chi connectivity index (χ1n) is 11.4. The summed E-state index contributed by atoms with van der Waals surface area (Å²) < 4.78 is 5.68. The maximum absolute atomic E-state index is 13.3.